The Bertz CT molecular complexity index is 1010. The average molecular weight is 399 g/mol. The molecule has 0 aliphatic heterocycles. The second-order valence-electron chi connectivity index (χ2n) is 6.02. The second kappa shape index (κ2) is 8.63. The van der Waals surface area contributed by atoms with E-state index in [1.165, 1.54) is 13.2 Å². The van der Waals surface area contributed by atoms with E-state index in [1.54, 1.807) is 48.7 Å². The lowest BCUT2D eigenvalue weighted by Crippen LogP contribution is -2.03. The third-order valence-corrected chi connectivity index (χ3v) is 4.41. The van der Waals surface area contributed by atoms with Gasteiger partial charge in [-0.05, 0) is 48.0 Å². The van der Waals surface area contributed by atoms with Crippen molar-refractivity contribution in [2.75, 3.05) is 7.11 Å². The Labute approximate surface area is 167 Å². The van der Waals surface area contributed by atoms with Gasteiger partial charge in [-0.3, -0.25) is 4.79 Å². The molecule has 0 bridgehead atoms. The number of halogens is 1. The number of aryl methyl sites for hydroxylation is 1. The molecule has 2 aromatic carbocycles. The molecular formula is C21H19ClN2O4. The number of ether oxygens (including phenoxy) is 2. The highest BCUT2D eigenvalue weighted by Gasteiger charge is 2.08. The van der Waals surface area contributed by atoms with E-state index >= 15 is 0 Å². The summed E-state index contributed by atoms with van der Waals surface area (Å²) in [6.45, 7) is 0.347. The van der Waals surface area contributed by atoms with Gasteiger partial charge >= 0.3 is 0 Å². The van der Waals surface area contributed by atoms with E-state index in [0.717, 1.165) is 5.82 Å². The molecule has 144 valence electrons. The van der Waals surface area contributed by atoms with Crippen LogP contribution in [0.25, 0.3) is 6.08 Å². The number of phenolic OH excluding ortho intramolecular Hbond substituents is 1. The van der Waals surface area contributed by atoms with Crippen LogP contribution in [0.1, 0.15) is 21.7 Å². The van der Waals surface area contributed by atoms with Crippen molar-refractivity contribution in [1.82, 2.24) is 9.55 Å². The number of methoxy groups -OCH3 is 1. The van der Waals surface area contributed by atoms with Gasteiger partial charge in [0.15, 0.2) is 17.3 Å². The first-order chi connectivity index (χ1) is 13.5. The molecule has 0 atom stereocenters. The standard InChI is InChI=1S/C21H19ClN2O4/c1-24-10-9-23-20(24)13-28-16-6-4-15(5-7-16)18(25)8-3-14-11-17(22)21(26)19(12-14)27-2/h3-12,26H,13H2,1-2H3. The second-order valence-corrected chi connectivity index (χ2v) is 6.43. The van der Waals surface area contributed by atoms with Gasteiger partial charge in [-0.2, -0.15) is 0 Å². The Morgan fingerprint density at radius 1 is 1.29 bits per heavy atom. The number of aromatic nitrogens is 2. The zero-order valence-corrected chi connectivity index (χ0v) is 16.2. The summed E-state index contributed by atoms with van der Waals surface area (Å²) in [6, 6.07) is 10.0. The topological polar surface area (TPSA) is 73.6 Å². The molecule has 0 unspecified atom stereocenters. The molecule has 0 saturated carbocycles. The minimum absolute atomic E-state index is 0.131. The molecule has 1 aromatic heterocycles. The maximum atomic E-state index is 12.4. The van der Waals surface area contributed by atoms with Crippen molar-refractivity contribution in [3.05, 3.63) is 76.8 Å². The van der Waals surface area contributed by atoms with Gasteiger partial charge in [0, 0.05) is 25.0 Å². The van der Waals surface area contributed by atoms with E-state index in [9.17, 15) is 9.90 Å². The smallest absolute Gasteiger partial charge is 0.185 e. The molecule has 7 heteroatoms. The monoisotopic (exact) mass is 398 g/mol. The van der Waals surface area contributed by atoms with Gasteiger partial charge in [-0.15, -0.1) is 0 Å². The van der Waals surface area contributed by atoms with Crippen LogP contribution in [0.15, 0.2) is 54.9 Å². The summed E-state index contributed by atoms with van der Waals surface area (Å²) < 4.78 is 12.6. The summed E-state index contributed by atoms with van der Waals surface area (Å²) in [5, 5.41) is 9.91. The molecule has 3 aromatic rings. The predicted octanol–water partition coefficient (Wildman–Crippen LogP) is 4.26. The molecule has 0 fully saturated rings. The van der Waals surface area contributed by atoms with E-state index in [4.69, 9.17) is 21.1 Å². The molecule has 1 heterocycles. The van der Waals surface area contributed by atoms with Crippen molar-refractivity contribution in [3.63, 3.8) is 0 Å². The van der Waals surface area contributed by atoms with E-state index < -0.39 is 0 Å². The van der Waals surface area contributed by atoms with Crippen molar-refractivity contribution in [2.24, 2.45) is 7.05 Å². The van der Waals surface area contributed by atoms with Crippen LogP contribution in [-0.2, 0) is 13.7 Å². The maximum absolute atomic E-state index is 12.4. The lowest BCUT2D eigenvalue weighted by atomic mass is 10.1. The van der Waals surface area contributed by atoms with Crippen LogP contribution in [0.3, 0.4) is 0 Å². The van der Waals surface area contributed by atoms with Crippen LogP contribution in [0.2, 0.25) is 5.02 Å². The molecule has 3 rings (SSSR count). The lowest BCUT2D eigenvalue weighted by molar-refractivity contribution is 0.104. The summed E-state index contributed by atoms with van der Waals surface area (Å²) in [6.07, 6.45) is 6.61. The minimum Gasteiger partial charge on any atom is -0.503 e. The van der Waals surface area contributed by atoms with Crippen LogP contribution >= 0.6 is 11.6 Å². The molecule has 28 heavy (non-hydrogen) atoms. The number of nitrogens with zero attached hydrogens (tertiary/aromatic N) is 2. The fraction of sp³-hybridized carbons (Fsp3) is 0.143. The summed E-state index contributed by atoms with van der Waals surface area (Å²) in [7, 11) is 3.33. The summed E-state index contributed by atoms with van der Waals surface area (Å²) >= 11 is 5.96. The summed E-state index contributed by atoms with van der Waals surface area (Å²) in [4.78, 5) is 16.6. The summed E-state index contributed by atoms with van der Waals surface area (Å²) in [5.41, 5.74) is 1.17. The molecule has 0 aliphatic rings. The predicted molar refractivity (Wildman–Crippen MR) is 107 cm³/mol. The Kier molecular flexibility index (Phi) is 6.01. The SMILES string of the molecule is COc1cc(C=CC(=O)c2ccc(OCc3nccn3C)cc2)cc(Cl)c1O. The van der Waals surface area contributed by atoms with Gasteiger partial charge in [0.2, 0.25) is 0 Å². The fourth-order valence-electron chi connectivity index (χ4n) is 2.51. The molecule has 1 N–H and O–H groups in total. The first kappa shape index (κ1) is 19.5. The summed E-state index contributed by atoms with van der Waals surface area (Å²) in [5.74, 6) is 1.41. The van der Waals surface area contributed by atoms with Gasteiger partial charge in [0.1, 0.15) is 18.2 Å². The van der Waals surface area contributed by atoms with Crippen LogP contribution in [0, 0.1) is 0 Å². The van der Waals surface area contributed by atoms with Crippen LogP contribution in [0.5, 0.6) is 17.2 Å². The van der Waals surface area contributed by atoms with Crippen LogP contribution < -0.4 is 9.47 Å². The molecule has 6 nitrogen and oxygen atoms in total. The Morgan fingerprint density at radius 3 is 2.68 bits per heavy atom. The van der Waals surface area contributed by atoms with E-state index in [1.807, 2.05) is 17.8 Å². The highest BCUT2D eigenvalue weighted by molar-refractivity contribution is 6.32. The van der Waals surface area contributed by atoms with Gasteiger partial charge in [0.25, 0.3) is 0 Å². The average Bonchev–Trinajstić information content (AvgIpc) is 3.12. The molecule has 0 aliphatic carbocycles. The number of phenols is 1. The lowest BCUT2D eigenvalue weighted by Gasteiger charge is -2.07. The van der Waals surface area contributed by atoms with Gasteiger partial charge in [0.05, 0.1) is 12.1 Å². The molecule has 0 spiro atoms. The minimum atomic E-state index is -0.168. The Balaban J connectivity index is 1.65. The molecule has 0 saturated heterocycles. The largest absolute Gasteiger partial charge is 0.503 e. The fourth-order valence-corrected chi connectivity index (χ4v) is 2.73. The Morgan fingerprint density at radius 2 is 2.04 bits per heavy atom. The van der Waals surface area contributed by atoms with Crippen molar-refractivity contribution in [2.45, 2.75) is 6.61 Å². The molecule has 0 radical (unpaired) electrons. The van der Waals surface area contributed by atoms with Gasteiger partial charge < -0.3 is 19.1 Å². The number of aromatic hydroxyl groups is 1. The van der Waals surface area contributed by atoms with E-state index in [2.05, 4.69) is 4.98 Å². The number of carbonyl (C=O) groups excluding carboxylic acids is 1. The molecule has 0 amide bonds. The molecular weight excluding hydrogens is 380 g/mol. The highest BCUT2D eigenvalue weighted by atomic mass is 35.5. The Hall–Kier alpha value is -3.25. The van der Waals surface area contributed by atoms with Gasteiger partial charge in [-0.1, -0.05) is 17.7 Å². The van der Waals surface area contributed by atoms with Gasteiger partial charge in [-0.25, -0.2) is 4.98 Å². The van der Waals surface area contributed by atoms with E-state index in [-0.39, 0.29) is 22.3 Å². The van der Waals surface area contributed by atoms with Crippen LogP contribution in [0.4, 0.5) is 0 Å². The highest BCUT2D eigenvalue weighted by Crippen LogP contribution is 2.35. The van der Waals surface area contributed by atoms with Crippen molar-refractivity contribution in [3.8, 4) is 17.2 Å². The number of hydrogen-bond acceptors (Lipinski definition) is 5. The third-order valence-electron chi connectivity index (χ3n) is 4.13. The number of imidazole rings is 1. The third kappa shape index (κ3) is 4.53. The first-order valence-corrected chi connectivity index (χ1v) is 8.83. The van der Waals surface area contributed by atoms with Crippen molar-refractivity contribution in [1.29, 1.82) is 0 Å². The number of rotatable bonds is 7. The van der Waals surface area contributed by atoms with Crippen LogP contribution in [-0.4, -0.2) is 27.6 Å². The number of hydrogen-bond donors (Lipinski definition) is 1. The quantitative estimate of drug-likeness (QED) is 0.475. The maximum Gasteiger partial charge on any atom is 0.185 e. The number of carbonyl (C=O) groups is 1. The zero-order valence-electron chi connectivity index (χ0n) is 15.4. The van der Waals surface area contributed by atoms with Crippen molar-refractivity contribution < 1.29 is 19.4 Å². The van der Waals surface area contributed by atoms with Crippen molar-refractivity contribution >= 4 is 23.5 Å². The first-order valence-electron chi connectivity index (χ1n) is 8.46. The van der Waals surface area contributed by atoms with E-state index in [0.29, 0.717) is 23.5 Å². The zero-order chi connectivity index (χ0) is 20.1. The number of allylic oxidation sites excluding steroid dienone is 1. The number of benzene rings is 2. The number of ketones is 1. The normalized spacial score (nSPS) is 11.0.